The van der Waals surface area contributed by atoms with Crippen molar-refractivity contribution in [3.8, 4) is 0 Å². The molecule has 0 aliphatic rings. The van der Waals surface area contributed by atoms with E-state index in [4.69, 9.17) is 30.1 Å². The van der Waals surface area contributed by atoms with E-state index in [0.29, 0.717) is 0 Å². The Balaban J connectivity index is 0.000000951. The second kappa shape index (κ2) is 13.3. The molecule has 0 saturated heterocycles. The Hall–Kier alpha value is 0.0787. The van der Waals surface area contributed by atoms with Gasteiger partial charge < -0.3 is 17.5 Å². The second-order valence-corrected chi connectivity index (χ2v) is 11.5. The molecule has 0 unspecified atom stereocenters. The summed E-state index contributed by atoms with van der Waals surface area (Å²) in [5, 5.41) is 13.7. The van der Waals surface area contributed by atoms with Gasteiger partial charge in [0, 0.05) is 0 Å². The van der Waals surface area contributed by atoms with Crippen LogP contribution >= 0.6 is 30.1 Å². The molecule has 0 amide bonds. The molecule has 0 aliphatic heterocycles. The van der Waals surface area contributed by atoms with E-state index >= 15 is 0 Å². The van der Waals surface area contributed by atoms with Crippen molar-refractivity contribution >= 4 is 64.6 Å². The van der Waals surface area contributed by atoms with Crippen LogP contribution in [0.3, 0.4) is 0 Å². The van der Waals surface area contributed by atoms with Crippen molar-refractivity contribution in [3.05, 3.63) is 108 Å². The maximum Gasteiger partial charge on any atom is 2.00 e. The Kier molecular flexibility index (Phi) is 13.3. The molecule has 0 spiro atoms. The van der Waals surface area contributed by atoms with E-state index in [9.17, 15) is 5.11 Å². The number of rotatable bonds is 3. The standard InChI is InChI=1S/C19H15O.Al.4ClH.Mg/c20-19(16-10-4-1-5-11-16,17-12-6-2-7-13-17)18-14-8-3-9-15-18;;;;;;/h1-15H;;4*1H;/q-1;+3;;;;;+2/p-4. The average molecular weight is 452 g/mol. The smallest absolute Gasteiger partial charge is 1.00 e. The topological polar surface area (TPSA) is 23.1 Å². The van der Waals surface area contributed by atoms with E-state index in [-0.39, 0.29) is 35.5 Å². The molecule has 26 heavy (non-hydrogen) atoms. The fraction of sp³-hybridized carbons (Fsp3) is 0.0526. The molecule has 130 valence electrons. The maximum atomic E-state index is 13.7. The molecule has 0 aromatic heterocycles. The van der Waals surface area contributed by atoms with Crippen molar-refractivity contribution in [1.82, 2.24) is 0 Å². The molecule has 1 nitrogen and oxygen atoms in total. The molecule has 0 bridgehead atoms. The van der Waals surface area contributed by atoms with E-state index in [1.165, 1.54) is 0 Å². The van der Waals surface area contributed by atoms with Crippen molar-refractivity contribution in [2.75, 3.05) is 0 Å². The van der Waals surface area contributed by atoms with Crippen LogP contribution in [0.15, 0.2) is 91.0 Å². The Morgan fingerprint density at radius 3 is 0.962 bits per heavy atom. The fourth-order valence-electron chi connectivity index (χ4n) is 2.52. The second-order valence-electron chi connectivity index (χ2n) is 5.03. The van der Waals surface area contributed by atoms with E-state index in [2.05, 4.69) is 0 Å². The third kappa shape index (κ3) is 7.24. The van der Waals surface area contributed by atoms with Crippen LogP contribution in [0.1, 0.15) is 16.7 Å². The summed E-state index contributed by atoms with van der Waals surface area (Å²) < 4.78 is 0. The van der Waals surface area contributed by atoms with Crippen LogP contribution in [-0.4, -0.2) is 34.4 Å². The van der Waals surface area contributed by atoms with Gasteiger partial charge >= 0.3 is 34.4 Å². The van der Waals surface area contributed by atoms with Gasteiger partial charge in [0.25, 0.3) is 0 Å². The number of benzene rings is 3. The number of halogens is 4. The summed E-state index contributed by atoms with van der Waals surface area (Å²) in [5.74, 6) is 0. The summed E-state index contributed by atoms with van der Waals surface area (Å²) >= 11 is -1.72. The molecule has 0 radical (unpaired) electrons. The van der Waals surface area contributed by atoms with Crippen LogP contribution < -0.4 is 17.5 Å². The van der Waals surface area contributed by atoms with Gasteiger partial charge in [0.2, 0.25) is 0 Å². The van der Waals surface area contributed by atoms with E-state index in [1.54, 1.807) is 0 Å². The van der Waals surface area contributed by atoms with E-state index in [0.717, 1.165) is 16.7 Å². The van der Waals surface area contributed by atoms with Gasteiger partial charge in [0.1, 0.15) is 0 Å². The van der Waals surface area contributed by atoms with Crippen LogP contribution in [0.4, 0.5) is 0 Å². The maximum absolute atomic E-state index is 13.7. The molecule has 3 aromatic carbocycles. The van der Waals surface area contributed by atoms with Gasteiger partial charge in [-0.1, -0.05) is 91.0 Å². The predicted octanol–water partition coefficient (Wildman–Crippen LogP) is 1.65. The zero-order valence-corrected chi connectivity index (χ0v) is 19.5. The summed E-state index contributed by atoms with van der Waals surface area (Å²) in [7, 11) is 14.8. The summed E-state index contributed by atoms with van der Waals surface area (Å²) in [6.07, 6.45) is 0. The minimum absolute atomic E-state index is 0. The molecule has 7 heteroatoms. The third-order valence-corrected chi connectivity index (χ3v) is 3.54. The van der Waals surface area contributed by atoms with E-state index in [1.807, 2.05) is 91.0 Å². The minimum Gasteiger partial charge on any atom is -1.00 e. The first-order valence-corrected chi connectivity index (χ1v) is 12.6. The molecular formula is C19H15AlCl4MgO. The van der Waals surface area contributed by atoms with Gasteiger partial charge in [-0.15, -0.1) is 0 Å². The Bertz CT molecular complexity index is 631. The molecule has 0 aliphatic carbocycles. The molecular weight excluding hydrogens is 437 g/mol. The summed E-state index contributed by atoms with van der Waals surface area (Å²) in [5.41, 5.74) is 0.913. The Morgan fingerprint density at radius 1 is 0.577 bits per heavy atom. The normalized spacial score (nSPS) is 9.69. The first-order chi connectivity index (χ1) is 11.5. The van der Waals surface area contributed by atoms with Crippen molar-refractivity contribution in [1.29, 1.82) is 0 Å². The SMILES string of the molecule is [Cl-].[Cl][Al]([Cl])[Cl].[Mg+2].[O-]C(c1ccccc1)(c1ccccc1)c1ccccc1. The van der Waals surface area contributed by atoms with Gasteiger partial charge in [0.05, 0.1) is 0 Å². The zero-order valence-electron chi connectivity index (χ0n) is 13.9. The zero-order chi connectivity index (χ0) is 17.4. The fourth-order valence-corrected chi connectivity index (χ4v) is 2.52. The monoisotopic (exact) mass is 450 g/mol. The van der Waals surface area contributed by atoms with Crippen molar-refractivity contribution in [2.24, 2.45) is 0 Å². The Labute approximate surface area is 193 Å². The molecule has 0 fully saturated rings. The van der Waals surface area contributed by atoms with Crippen LogP contribution in [0.25, 0.3) is 0 Å². The summed E-state index contributed by atoms with van der Waals surface area (Å²) in [6, 6.07) is 28.6. The van der Waals surface area contributed by atoms with Gasteiger partial charge in [-0.3, -0.25) is 0 Å². The van der Waals surface area contributed by atoms with E-state index < -0.39 is 17.0 Å². The quantitative estimate of drug-likeness (QED) is 0.438. The van der Waals surface area contributed by atoms with Crippen molar-refractivity contribution < 1.29 is 17.5 Å². The summed E-state index contributed by atoms with van der Waals surface area (Å²) in [4.78, 5) is 0. The molecule has 3 aromatic rings. The van der Waals surface area contributed by atoms with Gasteiger partial charge in [-0.2, -0.15) is 0 Å². The van der Waals surface area contributed by atoms with Gasteiger partial charge in [0.15, 0.2) is 0 Å². The molecule has 0 atom stereocenters. The molecule has 0 saturated carbocycles. The Morgan fingerprint density at radius 2 is 0.769 bits per heavy atom. The largest absolute Gasteiger partial charge is 2.00 e. The number of hydrogen-bond donors (Lipinski definition) is 0. The van der Waals surface area contributed by atoms with Crippen molar-refractivity contribution in [3.63, 3.8) is 0 Å². The summed E-state index contributed by atoms with van der Waals surface area (Å²) in [6.45, 7) is 0. The number of hydrogen-bond acceptors (Lipinski definition) is 1. The van der Waals surface area contributed by atoms with Crippen LogP contribution in [-0.2, 0) is 5.60 Å². The van der Waals surface area contributed by atoms with Crippen molar-refractivity contribution in [2.45, 2.75) is 5.60 Å². The first-order valence-electron chi connectivity index (χ1n) is 7.34. The molecule has 3 rings (SSSR count). The van der Waals surface area contributed by atoms with Gasteiger partial charge in [-0.05, 0) is 22.3 Å². The molecule has 0 N–H and O–H groups in total. The third-order valence-electron chi connectivity index (χ3n) is 3.54. The minimum atomic E-state index is -1.72. The molecule has 0 heterocycles. The average Bonchev–Trinajstić information content (AvgIpc) is 2.63. The van der Waals surface area contributed by atoms with Crippen LogP contribution in [0, 0.1) is 0 Å². The van der Waals surface area contributed by atoms with Crippen LogP contribution in [0.2, 0.25) is 0 Å². The van der Waals surface area contributed by atoms with Gasteiger partial charge in [-0.25, -0.2) is 30.1 Å². The first kappa shape index (κ1) is 26.1. The van der Waals surface area contributed by atoms with Crippen LogP contribution in [0.5, 0.6) is 0 Å². The predicted molar refractivity (Wildman–Crippen MR) is 108 cm³/mol.